The Bertz CT molecular complexity index is 321. The molecule has 5 nitrogen and oxygen atoms in total. The SMILES string of the molecule is O=C([O-])/C(Cl)=C(/Cl)C(=O)C(Cl)C(=O)[O-]. The minimum absolute atomic E-state index is 1.02. The molecule has 1 unspecified atom stereocenters. The lowest BCUT2D eigenvalue weighted by molar-refractivity contribution is -0.304. The second-order valence-electron chi connectivity index (χ2n) is 1.96. The van der Waals surface area contributed by atoms with Crippen LogP contribution in [0.25, 0.3) is 0 Å². The van der Waals surface area contributed by atoms with Crippen LogP contribution in [-0.2, 0) is 14.4 Å². The minimum Gasteiger partial charge on any atom is -0.548 e. The van der Waals surface area contributed by atoms with Gasteiger partial charge in [-0.2, -0.15) is 0 Å². The first-order valence-electron chi connectivity index (χ1n) is 2.94. The van der Waals surface area contributed by atoms with Gasteiger partial charge in [-0.1, -0.05) is 23.2 Å². The molecule has 0 fully saturated rings. The van der Waals surface area contributed by atoms with Gasteiger partial charge in [-0.25, -0.2) is 0 Å². The number of rotatable bonds is 4. The second kappa shape index (κ2) is 5.19. The molecule has 0 aliphatic carbocycles. The van der Waals surface area contributed by atoms with Crippen molar-refractivity contribution in [3.8, 4) is 0 Å². The summed E-state index contributed by atoms with van der Waals surface area (Å²) in [5.74, 6) is -5.19. The molecule has 0 radical (unpaired) electrons. The van der Waals surface area contributed by atoms with Gasteiger partial charge in [0.15, 0.2) is 5.78 Å². The van der Waals surface area contributed by atoms with Crippen LogP contribution < -0.4 is 10.2 Å². The average Bonchev–Trinajstić information content (AvgIpc) is 2.12. The van der Waals surface area contributed by atoms with Crippen molar-refractivity contribution in [3.63, 3.8) is 0 Å². The van der Waals surface area contributed by atoms with Crippen LogP contribution in [0.1, 0.15) is 0 Å². The van der Waals surface area contributed by atoms with Gasteiger partial charge in [-0.05, 0) is 0 Å². The topological polar surface area (TPSA) is 97.3 Å². The van der Waals surface area contributed by atoms with Crippen molar-refractivity contribution >= 4 is 52.5 Å². The number of carboxylic acids is 2. The molecular weight excluding hydrogens is 258 g/mol. The van der Waals surface area contributed by atoms with Crippen LogP contribution in [0, 0.1) is 0 Å². The largest absolute Gasteiger partial charge is 0.548 e. The number of halogens is 3. The Kier molecular flexibility index (Phi) is 4.90. The molecule has 0 heterocycles. The Balaban J connectivity index is 4.97. The number of hydrogen-bond donors (Lipinski definition) is 0. The van der Waals surface area contributed by atoms with Crippen LogP contribution in [0.15, 0.2) is 10.1 Å². The van der Waals surface area contributed by atoms with Crippen LogP contribution in [0.5, 0.6) is 0 Å². The van der Waals surface area contributed by atoms with E-state index in [0.717, 1.165) is 0 Å². The third-order valence-corrected chi connectivity index (χ3v) is 2.22. The molecule has 0 rings (SSSR count). The molecular formula is C6HCl3O5-2. The molecule has 0 N–H and O–H groups in total. The number of Topliss-reactive ketones (excluding diaryl/α,β-unsaturated/α-hetero) is 1. The predicted molar refractivity (Wildman–Crippen MR) is 43.4 cm³/mol. The molecule has 8 heteroatoms. The van der Waals surface area contributed by atoms with E-state index in [1.54, 1.807) is 0 Å². The maximum absolute atomic E-state index is 10.9. The van der Waals surface area contributed by atoms with E-state index in [0.29, 0.717) is 0 Å². The highest BCUT2D eigenvalue weighted by atomic mass is 35.5. The van der Waals surface area contributed by atoms with Crippen molar-refractivity contribution in [2.45, 2.75) is 5.38 Å². The van der Waals surface area contributed by atoms with Crippen LogP contribution in [0.4, 0.5) is 0 Å². The zero-order valence-corrected chi connectivity index (χ0v) is 8.52. The summed E-state index contributed by atoms with van der Waals surface area (Å²) in [6, 6.07) is 0. The van der Waals surface area contributed by atoms with Crippen molar-refractivity contribution in [1.29, 1.82) is 0 Å². The van der Waals surface area contributed by atoms with Gasteiger partial charge in [-0.15, -0.1) is 11.6 Å². The number of alkyl halides is 1. The number of allylic oxidation sites excluding steroid dienone is 1. The summed E-state index contributed by atoms with van der Waals surface area (Å²) in [4.78, 5) is 31.1. The highest BCUT2D eigenvalue weighted by Crippen LogP contribution is 2.17. The van der Waals surface area contributed by atoms with Gasteiger partial charge in [0.05, 0.1) is 17.0 Å². The van der Waals surface area contributed by atoms with E-state index in [9.17, 15) is 24.6 Å². The van der Waals surface area contributed by atoms with Crippen LogP contribution >= 0.6 is 34.8 Å². The van der Waals surface area contributed by atoms with Gasteiger partial charge in [0.1, 0.15) is 10.4 Å². The summed E-state index contributed by atoms with van der Waals surface area (Å²) in [6.07, 6.45) is 0. The quantitative estimate of drug-likeness (QED) is 0.342. The van der Waals surface area contributed by atoms with E-state index in [2.05, 4.69) is 0 Å². The molecule has 78 valence electrons. The Hall–Kier alpha value is -0.780. The normalized spacial score (nSPS) is 14.2. The molecule has 0 aromatic rings. The number of aliphatic carboxylic acids is 2. The number of carbonyl (C=O) groups is 3. The number of carboxylic acid groups (broad SMARTS) is 2. The highest BCUT2D eigenvalue weighted by molar-refractivity contribution is 6.58. The molecule has 14 heavy (non-hydrogen) atoms. The fourth-order valence-electron chi connectivity index (χ4n) is 0.416. The molecule has 0 spiro atoms. The molecule has 0 aromatic carbocycles. The summed E-state index contributed by atoms with van der Waals surface area (Å²) in [5.41, 5.74) is 0. The third-order valence-electron chi connectivity index (χ3n) is 1.03. The van der Waals surface area contributed by atoms with Gasteiger partial charge in [0.25, 0.3) is 0 Å². The van der Waals surface area contributed by atoms with Gasteiger partial charge < -0.3 is 19.8 Å². The first-order valence-corrected chi connectivity index (χ1v) is 4.14. The average molecular weight is 259 g/mol. The van der Waals surface area contributed by atoms with E-state index >= 15 is 0 Å². The van der Waals surface area contributed by atoms with E-state index in [1.807, 2.05) is 0 Å². The monoisotopic (exact) mass is 258 g/mol. The molecule has 0 amide bonds. The lowest BCUT2D eigenvalue weighted by Gasteiger charge is -2.09. The standard InChI is InChI=1S/C6H3Cl3O5/c7-1(2(8)5(11)12)4(10)3(9)6(13)14/h3H,(H,11,12)(H,13,14)/p-2/b2-1-. The van der Waals surface area contributed by atoms with Gasteiger partial charge in [-0.3, -0.25) is 4.79 Å². The van der Waals surface area contributed by atoms with Crippen LogP contribution in [0.3, 0.4) is 0 Å². The Labute approximate surface area is 92.9 Å². The number of carbonyl (C=O) groups excluding carboxylic acids is 3. The predicted octanol–water partition coefficient (Wildman–Crippen LogP) is -1.65. The number of ketones is 1. The van der Waals surface area contributed by atoms with Gasteiger partial charge in [0, 0.05) is 0 Å². The lowest BCUT2D eigenvalue weighted by atomic mass is 10.2. The minimum atomic E-state index is -2.09. The maximum Gasteiger partial charge on any atom is 0.199 e. The second-order valence-corrected chi connectivity index (χ2v) is 3.15. The lowest BCUT2D eigenvalue weighted by Crippen LogP contribution is -2.38. The van der Waals surface area contributed by atoms with Crippen molar-refractivity contribution in [3.05, 3.63) is 10.1 Å². The zero-order chi connectivity index (χ0) is 11.5. The summed E-state index contributed by atoms with van der Waals surface area (Å²) in [5, 5.41) is 16.0. The van der Waals surface area contributed by atoms with E-state index in [4.69, 9.17) is 34.8 Å². The van der Waals surface area contributed by atoms with E-state index < -0.39 is 33.2 Å². The maximum atomic E-state index is 10.9. The summed E-state index contributed by atoms with van der Waals surface area (Å²) < 4.78 is 0. The van der Waals surface area contributed by atoms with Crippen molar-refractivity contribution < 1.29 is 24.6 Å². The first kappa shape index (κ1) is 13.2. The molecule has 0 saturated heterocycles. The van der Waals surface area contributed by atoms with E-state index in [-0.39, 0.29) is 0 Å². The Morgan fingerprint density at radius 2 is 1.43 bits per heavy atom. The van der Waals surface area contributed by atoms with Crippen molar-refractivity contribution in [2.24, 2.45) is 0 Å². The molecule has 0 bridgehead atoms. The third kappa shape index (κ3) is 3.17. The summed E-state index contributed by atoms with van der Waals surface area (Å²) >= 11 is 15.1. The Morgan fingerprint density at radius 1 is 1.00 bits per heavy atom. The summed E-state index contributed by atoms with van der Waals surface area (Å²) in [6.45, 7) is 0. The fraction of sp³-hybridized carbons (Fsp3) is 0.167. The molecule has 0 saturated carbocycles. The van der Waals surface area contributed by atoms with Crippen LogP contribution in [-0.4, -0.2) is 23.1 Å². The molecule has 0 aliphatic rings. The smallest absolute Gasteiger partial charge is 0.199 e. The van der Waals surface area contributed by atoms with Crippen molar-refractivity contribution in [2.75, 3.05) is 0 Å². The number of hydrogen-bond acceptors (Lipinski definition) is 5. The summed E-state index contributed by atoms with van der Waals surface area (Å²) in [7, 11) is 0. The first-order chi connectivity index (χ1) is 6.29. The molecule has 0 aromatic heterocycles. The zero-order valence-electron chi connectivity index (χ0n) is 6.25. The van der Waals surface area contributed by atoms with Crippen molar-refractivity contribution in [1.82, 2.24) is 0 Å². The van der Waals surface area contributed by atoms with Crippen LogP contribution in [0.2, 0.25) is 0 Å². The highest BCUT2D eigenvalue weighted by Gasteiger charge is 2.22. The van der Waals surface area contributed by atoms with Gasteiger partial charge >= 0.3 is 0 Å². The molecule has 0 aliphatic heterocycles. The van der Waals surface area contributed by atoms with E-state index in [1.165, 1.54) is 0 Å². The fourth-order valence-corrected chi connectivity index (χ4v) is 0.860. The van der Waals surface area contributed by atoms with Gasteiger partial charge in [0.2, 0.25) is 0 Å². The molecule has 1 atom stereocenters. The Morgan fingerprint density at radius 3 is 1.71 bits per heavy atom.